The minimum absolute atomic E-state index is 0.0868. The first-order valence-electron chi connectivity index (χ1n) is 9.91. The Bertz CT molecular complexity index is 1000. The molecule has 1 saturated heterocycles. The Hall–Kier alpha value is -2.77. The van der Waals surface area contributed by atoms with Crippen LogP contribution in [0.2, 0.25) is 0 Å². The molecule has 28 heavy (non-hydrogen) atoms. The van der Waals surface area contributed by atoms with Crippen molar-refractivity contribution in [2.75, 3.05) is 31.5 Å². The molecule has 148 valence electrons. The molecule has 0 aromatic heterocycles. The van der Waals surface area contributed by atoms with Gasteiger partial charge in [0.15, 0.2) is 0 Å². The lowest BCUT2D eigenvalue weighted by atomic mass is 10.0. The second-order valence-corrected chi connectivity index (χ2v) is 7.61. The van der Waals surface area contributed by atoms with Crippen LogP contribution in [0.4, 0.5) is 5.69 Å². The van der Waals surface area contributed by atoms with Gasteiger partial charge >= 0.3 is 0 Å². The summed E-state index contributed by atoms with van der Waals surface area (Å²) in [6, 6.07) is 12.9. The molecule has 1 aromatic rings. The van der Waals surface area contributed by atoms with Gasteiger partial charge in [0.05, 0.1) is 16.9 Å². The van der Waals surface area contributed by atoms with Crippen molar-refractivity contribution in [1.29, 1.82) is 0 Å². The molecule has 0 bridgehead atoms. The molecule has 0 unspecified atom stereocenters. The van der Waals surface area contributed by atoms with Gasteiger partial charge < -0.3 is 20.7 Å². The molecule has 2 heterocycles. The third kappa shape index (κ3) is 3.63. The number of likely N-dealkylation sites (tertiary alicyclic amines) is 1. The van der Waals surface area contributed by atoms with E-state index in [0.717, 1.165) is 54.6 Å². The van der Waals surface area contributed by atoms with Crippen LogP contribution in [0.15, 0.2) is 42.5 Å². The van der Waals surface area contributed by atoms with E-state index in [-0.39, 0.29) is 14.9 Å². The van der Waals surface area contributed by atoms with E-state index in [2.05, 4.69) is 10.3 Å². The summed E-state index contributed by atoms with van der Waals surface area (Å²) in [6.07, 6.45) is 4.13. The zero-order valence-electron chi connectivity index (χ0n) is 15.9. The van der Waals surface area contributed by atoms with E-state index in [4.69, 9.17) is 0 Å². The molecular formula is C21H26N4O3. The van der Waals surface area contributed by atoms with Crippen molar-refractivity contribution in [1.82, 2.24) is 9.89 Å². The summed E-state index contributed by atoms with van der Waals surface area (Å²) >= 11 is 0. The van der Waals surface area contributed by atoms with Crippen molar-refractivity contribution < 1.29 is 9.85 Å². The molecule has 0 saturated carbocycles. The normalized spacial score (nSPS) is 16.3. The molecule has 0 amide bonds. The predicted molar refractivity (Wildman–Crippen MR) is 111 cm³/mol. The maximum atomic E-state index is 11.6. The molecule has 0 spiro atoms. The van der Waals surface area contributed by atoms with Crippen molar-refractivity contribution in [2.24, 2.45) is 0 Å². The van der Waals surface area contributed by atoms with Crippen LogP contribution in [0, 0.1) is 10.4 Å². The van der Waals surface area contributed by atoms with E-state index in [0.29, 0.717) is 18.7 Å². The van der Waals surface area contributed by atoms with Crippen LogP contribution in [0.5, 0.6) is 0 Å². The van der Waals surface area contributed by atoms with Crippen molar-refractivity contribution in [3.63, 3.8) is 0 Å². The first-order chi connectivity index (χ1) is 13.6. The molecule has 1 aromatic carbocycles. The Balaban J connectivity index is 1.65. The molecule has 1 aliphatic carbocycles. The summed E-state index contributed by atoms with van der Waals surface area (Å²) in [5.74, 6) is 0. The molecule has 3 aliphatic rings. The molecule has 4 rings (SSSR count). The zero-order valence-corrected chi connectivity index (χ0v) is 15.9. The van der Waals surface area contributed by atoms with Crippen molar-refractivity contribution >= 4 is 16.6 Å². The lowest BCUT2D eigenvalue weighted by Gasteiger charge is -2.33. The van der Waals surface area contributed by atoms with E-state index >= 15 is 0 Å². The number of hydrogen-bond donors (Lipinski definition) is 3. The summed E-state index contributed by atoms with van der Waals surface area (Å²) < 4.78 is 0.145. The minimum Gasteiger partial charge on any atom is -0.612 e. The molecule has 7 nitrogen and oxygen atoms in total. The number of fused-ring (bicyclic) bond motifs is 2. The highest BCUT2D eigenvalue weighted by Gasteiger charge is 2.27. The SMILES string of the molecule is [O-][N+]([O-])=c1cccc2[nH]c3ccccc3c(NCCC[N+]3(O)CCCCC3)c1-2. The number of aromatic amines is 1. The summed E-state index contributed by atoms with van der Waals surface area (Å²) in [6.45, 7) is 2.98. The highest BCUT2D eigenvalue weighted by molar-refractivity contribution is 6.00. The molecule has 7 heteroatoms. The second kappa shape index (κ2) is 7.69. The Kier molecular flexibility index (Phi) is 5.11. The number of H-pyrrole nitrogens is 1. The zero-order chi connectivity index (χ0) is 19.6. The minimum atomic E-state index is -0.336. The molecule has 2 aliphatic heterocycles. The van der Waals surface area contributed by atoms with Crippen LogP contribution in [-0.2, 0) is 0 Å². The van der Waals surface area contributed by atoms with Gasteiger partial charge in [-0.25, -0.2) is 5.21 Å². The second-order valence-electron chi connectivity index (χ2n) is 7.61. The number of anilines is 1. The van der Waals surface area contributed by atoms with E-state index in [1.165, 1.54) is 12.5 Å². The molecule has 0 atom stereocenters. The Morgan fingerprint density at radius 3 is 2.61 bits per heavy atom. The monoisotopic (exact) mass is 382 g/mol. The van der Waals surface area contributed by atoms with E-state index < -0.39 is 0 Å². The Labute approximate surface area is 163 Å². The highest BCUT2D eigenvalue weighted by atomic mass is 16.8. The van der Waals surface area contributed by atoms with Gasteiger partial charge in [0.25, 0.3) is 0 Å². The summed E-state index contributed by atoms with van der Waals surface area (Å²) in [5.41, 5.74) is 3.04. The van der Waals surface area contributed by atoms with Crippen molar-refractivity contribution in [3.8, 4) is 11.3 Å². The van der Waals surface area contributed by atoms with Crippen LogP contribution in [0.1, 0.15) is 25.7 Å². The number of benzene rings is 2. The predicted octanol–water partition coefficient (Wildman–Crippen LogP) is 3.23. The molecular weight excluding hydrogens is 356 g/mol. The largest absolute Gasteiger partial charge is 0.612 e. The van der Waals surface area contributed by atoms with Gasteiger partial charge in [0.1, 0.15) is 19.6 Å². The van der Waals surface area contributed by atoms with Gasteiger partial charge in [-0.05, 0) is 31.4 Å². The van der Waals surface area contributed by atoms with Gasteiger partial charge in [0.2, 0.25) is 5.36 Å². The summed E-state index contributed by atoms with van der Waals surface area (Å²) in [7, 11) is 0. The number of nitrogens with one attached hydrogen (secondary N) is 2. The standard InChI is InChI=1S/C21H26N4O3/c26-24(27)19-11-6-10-18-20(19)21(16-8-2-3-9-17(16)23-18)22-12-7-15-25(28)13-4-1-5-14-25/h2-3,6,8-11,22-23,28H,1,4-5,7,12-15H2. The third-order valence-electron chi connectivity index (χ3n) is 5.66. The van der Waals surface area contributed by atoms with Crippen molar-refractivity contribution in [3.05, 3.63) is 58.2 Å². The topological polar surface area (TPSA) is 97.2 Å². The van der Waals surface area contributed by atoms with E-state index in [1.807, 2.05) is 30.3 Å². The molecule has 1 fully saturated rings. The van der Waals surface area contributed by atoms with E-state index in [9.17, 15) is 15.6 Å². The van der Waals surface area contributed by atoms with Crippen molar-refractivity contribution in [2.45, 2.75) is 25.7 Å². The van der Waals surface area contributed by atoms with Crippen LogP contribution < -0.4 is 15.6 Å². The van der Waals surface area contributed by atoms with Crippen LogP contribution >= 0.6 is 0 Å². The van der Waals surface area contributed by atoms with Gasteiger partial charge in [-0.15, -0.1) is 0 Å². The maximum absolute atomic E-state index is 11.6. The number of hydrogen-bond acceptors (Lipinski definition) is 4. The van der Waals surface area contributed by atoms with E-state index in [1.54, 1.807) is 6.07 Å². The van der Waals surface area contributed by atoms with Gasteiger partial charge in [-0.3, -0.25) is 0 Å². The highest BCUT2D eigenvalue weighted by Crippen LogP contribution is 2.32. The lowest BCUT2D eigenvalue weighted by molar-refractivity contribution is -1.10. The van der Waals surface area contributed by atoms with Gasteiger partial charge in [-0.2, -0.15) is 9.55 Å². The third-order valence-corrected chi connectivity index (χ3v) is 5.66. The first kappa shape index (κ1) is 18.6. The number of hydroxylamine groups is 3. The van der Waals surface area contributed by atoms with Crippen LogP contribution in [0.3, 0.4) is 0 Å². The quantitative estimate of drug-likeness (QED) is 0.273. The average Bonchev–Trinajstić information content (AvgIpc) is 2.70. The molecule has 0 radical (unpaired) electrons. The maximum Gasteiger partial charge on any atom is 0.234 e. The van der Waals surface area contributed by atoms with Gasteiger partial charge in [0, 0.05) is 29.9 Å². The number of aromatic nitrogens is 1. The Morgan fingerprint density at radius 2 is 1.82 bits per heavy atom. The lowest BCUT2D eigenvalue weighted by Crippen LogP contribution is -2.49. The summed E-state index contributed by atoms with van der Waals surface area (Å²) in [5, 5.41) is 38.3. The summed E-state index contributed by atoms with van der Waals surface area (Å²) in [4.78, 5) is 2.97. The van der Waals surface area contributed by atoms with Crippen LogP contribution in [0.25, 0.3) is 22.2 Å². The fraction of sp³-hybridized carbons (Fsp3) is 0.381. The number of pyridine rings is 1. The fourth-order valence-corrected chi connectivity index (χ4v) is 4.24. The number of piperidine rings is 1. The number of para-hydroxylation sites is 1. The van der Waals surface area contributed by atoms with Gasteiger partial charge in [-0.1, -0.05) is 24.3 Å². The Morgan fingerprint density at radius 1 is 1.04 bits per heavy atom. The average molecular weight is 382 g/mol. The van der Waals surface area contributed by atoms with Crippen LogP contribution in [-0.4, -0.2) is 41.0 Å². The first-order valence-corrected chi connectivity index (χ1v) is 9.91. The molecule has 3 N–H and O–H groups in total. The number of nitrogens with zero attached hydrogens (tertiary/aromatic N) is 2. The fourth-order valence-electron chi connectivity index (χ4n) is 4.24. The smallest absolute Gasteiger partial charge is 0.234 e. The number of quaternary nitrogens is 1. The number of rotatable bonds is 5.